The van der Waals surface area contributed by atoms with Crippen molar-refractivity contribution in [3.63, 3.8) is 0 Å². The summed E-state index contributed by atoms with van der Waals surface area (Å²) in [7, 11) is 0. The van der Waals surface area contributed by atoms with Crippen molar-refractivity contribution in [3.05, 3.63) is 65.7 Å². The maximum Gasteiger partial charge on any atom is 0.244 e. The molecule has 1 amide bonds. The number of carbonyl (C=O) groups excluding carboxylic acids is 1. The van der Waals surface area contributed by atoms with Gasteiger partial charge in [-0.05, 0) is 35.9 Å². The average Bonchev–Trinajstić information content (AvgIpc) is 2.94. The first-order chi connectivity index (χ1) is 10.7. The molecule has 6 heteroatoms. The molecule has 22 heavy (non-hydrogen) atoms. The Morgan fingerprint density at radius 1 is 1.32 bits per heavy atom. The number of nitrogens with one attached hydrogen (secondary N) is 2. The van der Waals surface area contributed by atoms with E-state index < -0.39 is 0 Å². The molecule has 110 valence electrons. The number of fused-ring (bicyclic) bond motifs is 1. The number of carbonyl (C=O) groups is 1. The van der Waals surface area contributed by atoms with Gasteiger partial charge < -0.3 is 5.32 Å². The fourth-order valence-corrected chi connectivity index (χ4v) is 2.05. The zero-order chi connectivity index (χ0) is 15.4. The van der Waals surface area contributed by atoms with Gasteiger partial charge in [0.1, 0.15) is 5.82 Å². The summed E-state index contributed by atoms with van der Waals surface area (Å²) in [5, 5.41) is 10.4. The van der Waals surface area contributed by atoms with Crippen molar-refractivity contribution in [2.75, 3.05) is 0 Å². The number of pyridine rings is 1. The molecular formula is C16H13FN4O. The van der Waals surface area contributed by atoms with Crippen LogP contribution in [0.15, 0.2) is 48.7 Å². The van der Waals surface area contributed by atoms with Crippen LogP contribution in [0.4, 0.5) is 4.39 Å². The van der Waals surface area contributed by atoms with Gasteiger partial charge in [-0.25, -0.2) is 9.37 Å². The second kappa shape index (κ2) is 6.17. The molecule has 0 bridgehead atoms. The monoisotopic (exact) mass is 296 g/mol. The number of aromatic amines is 1. The maximum atomic E-state index is 13.0. The Bertz CT molecular complexity index is 841. The summed E-state index contributed by atoms with van der Waals surface area (Å²) in [5.41, 5.74) is 2.02. The van der Waals surface area contributed by atoms with Crippen molar-refractivity contribution < 1.29 is 9.18 Å². The molecule has 2 heterocycles. The van der Waals surface area contributed by atoms with E-state index in [0.29, 0.717) is 16.9 Å². The number of rotatable bonds is 4. The Morgan fingerprint density at radius 3 is 3.09 bits per heavy atom. The number of halogens is 1. The van der Waals surface area contributed by atoms with Crippen LogP contribution in [0.1, 0.15) is 11.3 Å². The molecule has 2 N–H and O–H groups in total. The minimum absolute atomic E-state index is 0.268. The van der Waals surface area contributed by atoms with E-state index in [9.17, 15) is 9.18 Å². The first-order valence-electron chi connectivity index (χ1n) is 6.72. The number of amides is 1. The number of H-pyrrole nitrogens is 1. The van der Waals surface area contributed by atoms with Crippen molar-refractivity contribution in [3.8, 4) is 0 Å². The van der Waals surface area contributed by atoms with Gasteiger partial charge in [0.05, 0.1) is 5.69 Å². The number of hydrogen-bond acceptors (Lipinski definition) is 3. The minimum Gasteiger partial charge on any atom is -0.348 e. The molecule has 3 rings (SSSR count). The summed E-state index contributed by atoms with van der Waals surface area (Å²) < 4.78 is 13.0. The maximum absolute atomic E-state index is 13.0. The highest BCUT2D eigenvalue weighted by Gasteiger charge is 2.03. The predicted octanol–water partition coefficient (Wildman–Crippen LogP) is 2.43. The van der Waals surface area contributed by atoms with Crippen LogP contribution < -0.4 is 5.32 Å². The standard InChI is InChI=1S/C16H13FN4O/c17-12-4-1-3-11(9-12)10-19-15(22)7-6-14-13-5-2-8-18-16(13)21-20-14/h1-9H,10H2,(H,19,22)(H,18,20,21). The molecule has 0 spiro atoms. The van der Waals surface area contributed by atoms with E-state index in [2.05, 4.69) is 20.5 Å². The highest BCUT2D eigenvalue weighted by Crippen LogP contribution is 2.13. The van der Waals surface area contributed by atoms with Gasteiger partial charge in [-0.1, -0.05) is 12.1 Å². The fourth-order valence-electron chi connectivity index (χ4n) is 2.05. The molecule has 5 nitrogen and oxygen atoms in total. The van der Waals surface area contributed by atoms with Crippen LogP contribution in [0.2, 0.25) is 0 Å². The van der Waals surface area contributed by atoms with Gasteiger partial charge in [-0.3, -0.25) is 9.89 Å². The van der Waals surface area contributed by atoms with E-state index >= 15 is 0 Å². The summed E-state index contributed by atoms with van der Waals surface area (Å²) in [5.74, 6) is -0.588. The molecule has 0 aliphatic rings. The van der Waals surface area contributed by atoms with Crippen LogP contribution >= 0.6 is 0 Å². The van der Waals surface area contributed by atoms with E-state index in [-0.39, 0.29) is 18.3 Å². The van der Waals surface area contributed by atoms with Crippen LogP contribution in [-0.2, 0) is 11.3 Å². The lowest BCUT2D eigenvalue weighted by atomic mass is 10.2. The van der Waals surface area contributed by atoms with Crippen LogP contribution in [0.5, 0.6) is 0 Å². The summed E-state index contributed by atoms with van der Waals surface area (Å²) in [6.07, 6.45) is 4.69. The zero-order valence-electron chi connectivity index (χ0n) is 11.6. The van der Waals surface area contributed by atoms with Gasteiger partial charge in [0, 0.05) is 24.2 Å². The summed E-state index contributed by atoms with van der Waals surface area (Å²) in [4.78, 5) is 15.9. The smallest absolute Gasteiger partial charge is 0.244 e. The lowest BCUT2D eigenvalue weighted by Gasteiger charge is -2.02. The predicted molar refractivity (Wildman–Crippen MR) is 81.2 cm³/mol. The SMILES string of the molecule is O=C(C=Cc1[nH]nc2ncccc12)NCc1cccc(F)c1. The molecule has 0 saturated carbocycles. The van der Waals surface area contributed by atoms with Crippen molar-refractivity contribution in [2.24, 2.45) is 0 Å². The molecule has 0 saturated heterocycles. The van der Waals surface area contributed by atoms with E-state index in [1.807, 2.05) is 6.07 Å². The molecule has 0 aliphatic carbocycles. The second-order valence-electron chi connectivity index (χ2n) is 4.69. The van der Waals surface area contributed by atoms with Crippen LogP contribution in [0, 0.1) is 5.82 Å². The topological polar surface area (TPSA) is 70.7 Å². The van der Waals surface area contributed by atoms with Crippen LogP contribution in [0.3, 0.4) is 0 Å². The van der Waals surface area contributed by atoms with E-state index in [1.165, 1.54) is 18.2 Å². The Kier molecular flexibility index (Phi) is 3.91. The average molecular weight is 296 g/mol. The third-order valence-electron chi connectivity index (χ3n) is 3.12. The third kappa shape index (κ3) is 3.17. The van der Waals surface area contributed by atoms with Gasteiger partial charge in [-0.2, -0.15) is 5.10 Å². The third-order valence-corrected chi connectivity index (χ3v) is 3.12. The fraction of sp³-hybridized carbons (Fsp3) is 0.0625. The van der Waals surface area contributed by atoms with E-state index in [0.717, 1.165) is 5.39 Å². The van der Waals surface area contributed by atoms with Crippen molar-refractivity contribution in [1.29, 1.82) is 0 Å². The molecule has 0 fully saturated rings. The number of aromatic nitrogens is 3. The van der Waals surface area contributed by atoms with E-state index in [1.54, 1.807) is 30.5 Å². The highest BCUT2D eigenvalue weighted by molar-refractivity contribution is 5.94. The van der Waals surface area contributed by atoms with Gasteiger partial charge in [0.2, 0.25) is 5.91 Å². The van der Waals surface area contributed by atoms with Crippen molar-refractivity contribution in [2.45, 2.75) is 6.54 Å². The lowest BCUT2D eigenvalue weighted by Crippen LogP contribution is -2.20. The molecule has 0 aliphatic heterocycles. The summed E-state index contributed by atoms with van der Waals surface area (Å²) >= 11 is 0. The Labute approximate surface area is 125 Å². The minimum atomic E-state index is -0.321. The molecule has 1 aromatic carbocycles. The second-order valence-corrected chi connectivity index (χ2v) is 4.69. The van der Waals surface area contributed by atoms with Gasteiger partial charge in [0.25, 0.3) is 0 Å². The molecule has 3 aromatic rings. The largest absolute Gasteiger partial charge is 0.348 e. The Balaban J connectivity index is 1.64. The Hall–Kier alpha value is -3.02. The van der Waals surface area contributed by atoms with E-state index in [4.69, 9.17) is 0 Å². The normalized spacial score (nSPS) is 11.1. The molecule has 0 radical (unpaired) electrons. The van der Waals surface area contributed by atoms with Crippen LogP contribution in [-0.4, -0.2) is 21.1 Å². The lowest BCUT2D eigenvalue weighted by molar-refractivity contribution is -0.116. The molecule has 0 unspecified atom stereocenters. The zero-order valence-corrected chi connectivity index (χ0v) is 11.6. The van der Waals surface area contributed by atoms with Gasteiger partial charge in [-0.15, -0.1) is 0 Å². The quantitative estimate of drug-likeness (QED) is 0.726. The molecule has 2 aromatic heterocycles. The first kappa shape index (κ1) is 13.9. The highest BCUT2D eigenvalue weighted by atomic mass is 19.1. The molecular weight excluding hydrogens is 283 g/mol. The van der Waals surface area contributed by atoms with Gasteiger partial charge in [0.15, 0.2) is 5.65 Å². The number of hydrogen-bond donors (Lipinski definition) is 2. The van der Waals surface area contributed by atoms with Gasteiger partial charge >= 0.3 is 0 Å². The summed E-state index contributed by atoms with van der Waals surface area (Å²) in [6, 6.07) is 9.79. The first-order valence-corrected chi connectivity index (χ1v) is 6.72. The van der Waals surface area contributed by atoms with Crippen LogP contribution in [0.25, 0.3) is 17.1 Å². The van der Waals surface area contributed by atoms with Crippen molar-refractivity contribution in [1.82, 2.24) is 20.5 Å². The van der Waals surface area contributed by atoms with Crippen molar-refractivity contribution >= 4 is 23.0 Å². The Morgan fingerprint density at radius 2 is 2.23 bits per heavy atom. The summed E-state index contributed by atoms with van der Waals surface area (Å²) in [6.45, 7) is 0.270. The number of nitrogens with zero attached hydrogens (tertiary/aromatic N) is 2. The number of benzene rings is 1. The molecule has 0 atom stereocenters.